The van der Waals surface area contributed by atoms with Crippen molar-refractivity contribution in [3.8, 4) is 0 Å². The van der Waals surface area contributed by atoms with E-state index in [1.807, 2.05) is 0 Å². The van der Waals surface area contributed by atoms with Crippen molar-refractivity contribution in [3.05, 3.63) is 0 Å². The van der Waals surface area contributed by atoms with Crippen LogP contribution in [0.3, 0.4) is 0 Å². The summed E-state index contributed by atoms with van der Waals surface area (Å²) in [5.74, 6) is -0.333. The van der Waals surface area contributed by atoms with Crippen LogP contribution in [-0.4, -0.2) is 5.96 Å². The van der Waals surface area contributed by atoms with Crippen molar-refractivity contribution in [2.45, 2.75) is 0 Å². The minimum Gasteiger partial charge on any atom is -1.00 e. The van der Waals surface area contributed by atoms with Crippen LogP contribution in [0.25, 0.3) is 0 Å². The zero-order valence-corrected chi connectivity index (χ0v) is 7.24. The molecule has 0 amide bonds. The summed E-state index contributed by atoms with van der Waals surface area (Å²) >= 11 is 0. The molecule has 0 fully saturated rings. The van der Waals surface area contributed by atoms with E-state index in [2.05, 4.69) is 11.5 Å². The Morgan fingerprint density at radius 1 is 1.00 bits per heavy atom. The summed E-state index contributed by atoms with van der Waals surface area (Å²) in [5, 5.41) is 6.06. The monoisotopic (exact) mass is 216 g/mol. The largest absolute Gasteiger partial charge is 3.00 e. The summed E-state index contributed by atoms with van der Waals surface area (Å²) in [4.78, 5) is 0. The number of halogens is 3. The van der Waals surface area contributed by atoms with E-state index in [1.165, 1.54) is 0 Å². The SMILES string of the molecule is N=C(N)N.[Cl-].[Cl-].[Cl-].[Cr+3]. The first-order chi connectivity index (χ1) is 1.73. The van der Waals surface area contributed by atoms with E-state index in [1.54, 1.807) is 0 Å². The van der Waals surface area contributed by atoms with Gasteiger partial charge in [-0.3, -0.25) is 5.41 Å². The molecule has 0 aliphatic heterocycles. The second-order valence-corrected chi connectivity index (χ2v) is 0.455. The van der Waals surface area contributed by atoms with Gasteiger partial charge in [-0.15, -0.1) is 0 Å². The summed E-state index contributed by atoms with van der Waals surface area (Å²) in [5.41, 5.74) is 8.94. The molecule has 3 nitrogen and oxygen atoms in total. The van der Waals surface area contributed by atoms with Gasteiger partial charge in [0.25, 0.3) is 0 Å². The van der Waals surface area contributed by atoms with Crippen molar-refractivity contribution >= 4 is 5.96 Å². The van der Waals surface area contributed by atoms with E-state index in [0.717, 1.165) is 0 Å². The molecule has 0 unspecified atom stereocenters. The fourth-order valence-electron chi connectivity index (χ4n) is 0. The van der Waals surface area contributed by atoms with E-state index in [9.17, 15) is 0 Å². The molecule has 0 atom stereocenters. The molecular weight excluding hydrogens is 212 g/mol. The van der Waals surface area contributed by atoms with Crippen LogP contribution in [-0.2, 0) is 17.4 Å². The average molecular weight is 217 g/mol. The van der Waals surface area contributed by atoms with Crippen molar-refractivity contribution < 1.29 is 54.6 Å². The third kappa shape index (κ3) is 475. The van der Waals surface area contributed by atoms with Gasteiger partial charge in [-0.05, 0) is 0 Å². The first-order valence-corrected chi connectivity index (χ1v) is 0.827. The Balaban J connectivity index is -0.00000000750. The number of hydrogen-bond donors (Lipinski definition) is 3. The Labute approximate surface area is 77.4 Å². The maximum atomic E-state index is 6.06. The standard InChI is InChI=1S/CH5N3.3ClH.Cr/c2-1(3)4;;;;/h(H5,2,3,4);3*1H;/q;;;;+3/p-3. The van der Waals surface area contributed by atoms with Crippen LogP contribution in [0.1, 0.15) is 0 Å². The zero-order chi connectivity index (χ0) is 3.58. The molecule has 0 aromatic carbocycles. The minimum absolute atomic E-state index is 0. The van der Waals surface area contributed by atoms with Crippen molar-refractivity contribution in [2.75, 3.05) is 0 Å². The third-order valence-electron chi connectivity index (χ3n) is 0. The number of hydrogen-bond acceptors (Lipinski definition) is 1. The predicted molar refractivity (Wildman–Crippen MR) is 16.1 cm³/mol. The van der Waals surface area contributed by atoms with Gasteiger partial charge >= 0.3 is 17.4 Å². The third-order valence-corrected chi connectivity index (χ3v) is 0. The van der Waals surface area contributed by atoms with Gasteiger partial charge in [0.2, 0.25) is 0 Å². The first-order valence-electron chi connectivity index (χ1n) is 0.827. The number of guanidine groups is 1. The van der Waals surface area contributed by atoms with Gasteiger partial charge in [0.1, 0.15) is 0 Å². The van der Waals surface area contributed by atoms with Gasteiger partial charge in [-0.25, -0.2) is 0 Å². The van der Waals surface area contributed by atoms with Crippen LogP contribution in [0.5, 0.6) is 0 Å². The molecule has 8 heavy (non-hydrogen) atoms. The predicted octanol–water partition coefficient (Wildman–Crippen LogP) is -10.2. The molecule has 0 aliphatic carbocycles. The molecule has 0 aromatic heterocycles. The molecule has 0 saturated heterocycles. The molecule has 0 bridgehead atoms. The fraction of sp³-hybridized carbons (Fsp3) is 0. The second kappa shape index (κ2) is 25.3. The molecular formula is CH5Cl3CrN3. The molecule has 7 heteroatoms. The van der Waals surface area contributed by atoms with Crippen LogP contribution in [0.4, 0.5) is 0 Å². The molecule has 1 radical (unpaired) electrons. The van der Waals surface area contributed by atoms with Gasteiger partial charge in [0.05, 0.1) is 0 Å². The molecule has 0 aliphatic rings. The zero-order valence-electron chi connectivity index (χ0n) is 3.70. The number of nitrogens with one attached hydrogen (secondary N) is 1. The Bertz CT molecular complexity index is 37.5. The van der Waals surface area contributed by atoms with Gasteiger partial charge in [0.15, 0.2) is 5.96 Å². The Kier molecular flexibility index (Phi) is 120. The van der Waals surface area contributed by atoms with E-state index < -0.39 is 0 Å². The summed E-state index contributed by atoms with van der Waals surface area (Å²) < 4.78 is 0. The molecule has 0 heterocycles. The summed E-state index contributed by atoms with van der Waals surface area (Å²) in [6.07, 6.45) is 0. The van der Waals surface area contributed by atoms with Gasteiger partial charge in [-0.2, -0.15) is 0 Å². The van der Waals surface area contributed by atoms with Gasteiger partial charge in [-0.1, -0.05) is 0 Å². The average Bonchev–Trinajstić information content (AvgIpc) is 0.811. The van der Waals surface area contributed by atoms with E-state index >= 15 is 0 Å². The van der Waals surface area contributed by atoms with E-state index in [4.69, 9.17) is 5.41 Å². The van der Waals surface area contributed by atoms with E-state index in [0.29, 0.717) is 0 Å². The Morgan fingerprint density at radius 2 is 1.00 bits per heavy atom. The van der Waals surface area contributed by atoms with Crippen LogP contribution < -0.4 is 48.7 Å². The van der Waals surface area contributed by atoms with Crippen molar-refractivity contribution in [1.29, 1.82) is 5.41 Å². The molecule has 0 aromatic rings. The molecule has 51 valence electrons. The Morgan fingerprint density at radius 3 is 1.00 bits per heavy atom. The fourth-order valence-corrected chi connectivity index (χ4v) is 0. The molecule has 0 spiro atoms. The number of rotatable bonds is 0. The van der Waals surface area contributed by atoms with Crippen molar-refractivity contribution in [1.82, 2.24) is 0 Å². The number of nitrogens with two attached hydrogens (primary N) is 2. The van der Waals surface area contributed by atoms with Crippen molar-refractivity contribution in [3.63, 3.8) is 0 Å². The summed E-state index contributed by atoms with van der Waals surface area (Å²) in [6.45, 7) is 0. The van der Waals surface area contributed by atoms with Gasteiger partial charge < -0.3 is 48.7 Å². The molecule has 0 rings (SSSR count). The normalized spacial score (nSPS) is 3.00. The summed E-state index contributed by atoms with van der Waals surface area (Å²) in [6, 6.07) is 0. The molecule has 5 N–H and O–H groups in total. The first kappa shape index (κ1) is 37.9. The van der Waals surface area contributed by atoms with Crippen LogP contribution in [0.15, 0.2) is 0 Å². The van der Waals surface area contributed by atoms with Gasteiger partial charge in [0, 0.05) is 0 Å². The Hall–Kier alpha value is 0.672. The maximum Gasteiger partial charge on any atom is 3.00 e. The minimum atomic E-state index is -0.333. The van der Waals surface area contributed by atoms with Crippen LogP contribution in [0, 0.1) is 5.41 Å². The van der Waals surface area contributed by atoms with Crippen LogP contribution >= 0.6 is 0 Å². The maximum absolute atomic E-state index is 6.06. The van der Waals surface area contributed by atoms with E-state index in [-0.39, 0.29) is 60.5 Å². The topological polar surface area (TPSA) is 75.9 Å². The smallest absolute Gasteiger partial charge is 1.00 e. The second-order valence-electron chi connectivity index (χ2n) is 0.455. The summed E-state index contributed by atoms with van der Waals surface area (Å²) in [7, 11) is 0. The quantitative estimate of drug-likeness (QED) is 0.278. The molecule has 0 saturated carbocycles. The van der Waals surface area contributed by atoms with Crippen molar-refractivity contribution in [2.24, 2.45) is 11.5 Å². The van der Waals surface area contributed by atoms with Crippen LogP contribution in [0.2, 0.25) is 0 Å².